The maximum atomic E-state index is 12.8. The summed E-state index contributed by atoms with van der Waals surface area (Å²) >= 11 is 1.81. The van der Waals surface area contributed by atoms with Crippen LogP contribution in [0.15, 0.2) is 36.4 Å². The number of carbonyl (C=O) groups is 1. The second kappa shape index (κ2) is 7.18. The van der Waals surface area contributed by atoms with E-state index in [2.05, 4.69) is 31.3 Å². The van der Waals surface area contributed by atoms with E-state index in [1.165, 1.54) is 28.2 Å². The van der Waals surface area contributed by atoms with Crippen molar-refractivity contribution in [3.05, 3.63) is 51.7 Å². The summed E-state index contributed by atoms with van der Waals surface area (Å²) in [6.45, 7) is 5.01. The fraction of sp³-hybridized carbons (Fsp3) is 0.421. The summed E-state index contributed by atoms with van der Waals surface area (Å²) in [5.74, 6) is 0. The van der Waals surface area contributed by atoms with Gasteiger partial charge in [-0.15, -0.1) is 11.3 Å². The monoisotopic (exact) mass is 328 g/mol. The molecule has 0 saturated carbocycles. The first-order valence-corrected chi connectivity index (χ1v) is 9.16. The van der Waals surface area contributed by atoms with Gasteiger partial charge in [0.1, 0.15) is 0 Å². The molecule has 23 heavy (non-hydrogen) atoms. The first-order chi connectivity index (χ1) is 11.1. The van der Waals surface area contributed by atoms with Gasteiger partial charge in [0.2, 0.25) is 0 Å². The first-order valence-electron chi connectivity index (χ1n) is 8.34. The molecule has 0 unspecified atom stereocenters. The number of benzene rings is 1. The second-order valence-electron chi connectivity index (χ2n) is 6.30. The van der Waals surface area contributed by atoms with Gasteiger partial charge in [0.25, 0.3) is 0 Å². The van der Waals surface area contributed by atoms with Gasteiger partial charge in [-0.2, -0.15) is 0 Å². The average molecular weight is 328 g/mol. The molecule has 1 fully saturated rings. The minimum Gasteiger partial charge on any atom is -0.317 e. The number of carbonyl (C=O) groups excluding carboxylic acids is 1. The summed E-state index contributed by atoms with van der Waals surface area (Å²) in [6.07, 6.45) is 4.54. The van der Waals surface area contributed by atoms with Crippen molar-refractivity contribution in [2.75, 3.05) is 11.9 Å². The van der Waals surface area contributed by atoms with Crippen LogP contribution in [-0.4, -0.2) is 17.5 Å². The maximum absolute atomic E-state index is 12.8. The fourth-order valence-electron chi connectivity index (χ4n) is 3.11. The van der Waals surface area contributed by atoms with Crippen molar-refractivity contribution in [2.45, 2.75) is 45.6 Å². The minimum atomic E-state index is 0.0202. The highest BCUT2D eigenvalue weighted by Gasteiger charge is 2.27. The smallest absolute Gasteiger partial charge is 0.317 e. The predicted octanol–water partition coefficient (Wildman–Crippen LogP) is 5.51. The lowest BCUT2D eigenvalue weighted by atomic mass is 10.1. The Morgan fingerprint density at radius 2 is 1.87 bits per heavy atom. The minimum absolute atomic E-state index is 0.0202. The normalized spacial score (nSPS) is 18.5. The number of anilines is 1. The van der Waals surface area contributed by atoms with Crippen LogP contribution in [0, 0.1) is 13.8 Å². The molecule has 1 aliphatic heterocycles. The zero-order chi connectivity index (χ0) is 16.2. The number of aryl methyl sites for hydroxylation is 2. The van der Waals surface area contributed by atoms with Gasteiger partial charge in [-0.1, -0.05) is 30.5 Å². The Hall–Kier alpha value is -1.81. The lowest BCUT2D eigenvalue weighted by Gasteiger charge is -2.29. The summed E-state index contributed by atoms with van der Waals surface area (Å²) in [7, 11) is 0. The Morgan fingerprint density at radius 1 is 1.09 bits per heavy atom. The maximum Gasteiger partial charge on any atom is 0.322 e. The van der Waals surface area contributed by atoms with E-state index in [-0.39, 0.29) is 12.1 Å². The molecule has 0 aliphatic carbocycles. The summed E-state index contributed by atoms with van der Waals surface area (Å²) in [6, 6.07) is 12.6. The van der Waals surface area contributed by atoms with Crippen molar-refractivity contribution in [1.82, 2.24) is 4.90 Å². The molecule has 1 aromatic carbocycles. The number of rotatable bonds is 2. The van der Waals surface area contributed by atoms with E-state index >= 15 is 0 Å². The molecule has 0 bridgehead atoms. The van der Waals surface area contributed by atoms with Crippen molar-refractivity contribution in [2.24, 2.45) is 0 Å². The zero-order valence-electron chi connectivity index (χ0n) is 13.8. The zero-order valence-corrected chi connectivity index (χ0v) is 14.7. The van der Waals surface area contributed by atoms with Crippen molar-refractivity contribution in [3.8, 4) is 0 Å². The molecule has 2 heterocycles. The van der Waals surface area contributed by atoms with Crippen LogP contribution in [0.4, 0.5) is 10.5 Å². The number of hydrogen-bond acceptors (Lipinski definition) is 2. The van der Waals surface area contributed by atoms with Crippen LogP contribution in [0.3, 0.4) is 0 Å². The molecule has 3 rings (SSSR count). The third-order valence-electron chi connectivity index (χ3n) is 4.41. The van der Waals surface area contributed by atoms with E-state index in [9.17, 15) is 4.79 Å². The van der Waals surface area contributed by atoms with Gasteiger partial charge in [-0.25, -0.2) is 4.79 Å². The van der Waals surface area contributed by atoms with E-state index in [4.69, 9.17) is 0 Å². The van der Waals surface area contributed by atoms with Crippen molar-refractivity contribution in [3.63, 3.8) is 0 Å². The topological polar surface area (TPSA) is 32.3 Å². The van der Waals surface area contributed by atoms with Crippen LogP contribution in [0.2, 0.25) is 0 Å². The summed E-state index contributed by atoms with van der Waals surface area (Å²) in [4.78, 5) is 17.5. The Balaban J connectivity index is 1.78. The van der Waals surface area contributed by atoms with Gasteiger partial charge in [0, 0.05) is 22.0 Å². The molecule has 1 N–H and O–H groups in total. The van der Waals surface area contributed by atoms with Gasteiger partial charge >= 0.3 is 6.03 Å². The molecule has 122 valence electrons. The van der Waals surface area contributed by atoms with Crippen LogP contribution in [0.25, 0.3) is 0 Å². The first kappa shape index (κ1) is 16.1. The van der Waals surface area contributed by atoms with Crippen LogP contribution in [0.5, 0.6) is 0 Å². The Labute approximate surface area is 142 Å². The van der Waals surface area contributed by atoms with E-state index in [0.717, 1.165) is 25.1 Å². The second-order valence-corrected chi connectivity index (χ2v) is 7.62. The highest BCUT2D eigenvalue weighted by Crippen LogP contribution is 2.34. The molecule has 4 heteroatoms. The van der Waals surface area contributed by atoms with Gasteiger partial charge in [0.15, 0.2) is 0 Å². The SMILES string of the molecule is Cc1ccc(NC(=O)N2CCCCC[C@H]2c2ccc(C)s2)cc1. The van der Waals surface area contributed by atoms with Crippen molar-refractivity contribution < 1.29 is 4.79 Å². The number of amides is 2. The van der Waals surface area contributed by atoms with E-state index < -0.39 is 0 Å². The Morgan fingerprint density at radius 3 is 2.57 bits per heavy atom. The standard InChI is InChI=1S/C19H24N2OS/c1-14-7-10-16(11-8-14)20-19(22)21-13-5-3-4-6-17(21)18-12-9-15(2)23-18/h7-12,17H,3-6,13H2,1-2H3,(H,20,22)/t17-/m0/s1. The highest BCUT2D eigenvalue weighted by atomic mass is 32.1. The lowest BCUT2D eigenvalue weighted by Crippen LogP contribution is -2.37. The number of urea groups is 1. The van der Waals surface area contributed by atoms with Crippen molar-refractivity contribution in [1.29, 1.82) is 0 Å². The fourth-order valence-corrected chi connectivity index (χ4v) is 4.14. The molecule has 1 aromatic heterocycles. The lowest BCUT2D eigenvalue weighted by molar-refractivity contribution is 0.190. The summed E-state index contributed by atoms with van der Waals surface area (Å²) < 4.78 is 0. The molecule has 0 radical (unpaired) electrons. The number of nitrogens with zero attached hydrogens (tertiary/aromatic N) is 1. The third-order valence-corrected chi connectivity index (χ3v) is 5.51. The molecule has 2 amide bonds. The molecule has 1 saturated heterocycles. The average Bonchev–Trinajstić information content (AvgIpc) is 2.82. The quantitative estimate of drug-likeness (QED) is 0.774. The molecule has 2 aromatic rings. The highest BCUT2D eigenvalue weighted by molar-refractivity contribution is 7.12. The molecular weight excluding hydrogens is 304 g/mol. The van der Waals surface area contributed by atoms with Crippen LogP contribution in [-0.2, 0) is 0 Å². The van der Waals surface area contributed by atoms with Gasteiger partial charge in [0.05, 0.1) is 6.04 Å². The van der Waals surface area contributed by atoms with Crippen LogP contribution < -0.4 is 5.32 Å². The number of thiophene rings is 1. The van der Waals surface area contributed by atoms with Crippen molar-refractivity contribution >= 4 is 23.1 Å². The van der Waals surface area contributed by atoms with Gasteiger partial charge < -0.3 is 10.2 Å². The molecule has 1 atom stereocenters. The number of nitrogens with one attached hydrogen (secondary N) is 1. The Kier molecular flexibility index (Phi) is 5.01. The van der Waals surface area contributed by atoms with E-state index in [1.54, 1.807) is 0 Å². The summed E-state index contributed by atoms with van der Waals surface area (Å²) in [5.41, 5.74) is 2.07. The van der Waals surface area contributed by atoms with Crippen LogP contribution in [0.1, 0.15) is 47.0 Å². The number of hydrogen-bond donors (Lipinski definition) is 1. The largest absolute Gasteiger partial charge is 0.322 e. The van der Waals surface area contributed by atoms with Gasteiger partial charge in [-0.3, -0.25) is 0 Å². The van der Waals surface area contributed by atoms with Crippen LogP contribution >= 0.6 is 11.3 Å². The van der Waals surface area contributed by atoms with E-state index in [1.807, 2.05) is 40.5 Å². The van der Waals surface area contributed by atoms with E-state index in [0.29, 0.717) is 0 Å². The number of likely N-dealkylation sites (tertiary alicyclic amines) is 1. The Bertz CT molecular complexity index is 662. The third kappa shape index (κ3) is 3.94. The summed E-state index contributed by atoms with van der Waals surface area (Å²) in [5, 5.41) is 3.06. The van der Waals surface area contributed by atoms with Gasteiger partial charge in [-0.05, 0) is 51.0 Å². The molecule has 1 aliphatic rings. The molecule has 0 spiro atoms. The molecule has 3 nitrogen and oxygen atoms in total. The predicted molar refractivity (Wildman–Crippen MR) is 97.2 cm³/mol. The molecular formula is C19H24N2OS.